The highest BCUT2D eigenvalue weighted by Crippen LogP contribution is 2.46. The van der Waals surface area contributed by atoms with Crippen molar-refractivity contribution in [2.45, 2.75) is 31.7 Å². The normalized spacial score (nSPS) is 29.8. The summed E-state index contributed by atoms with van der Waals surface area (Å²) in [6, 6.07) is 6.66. The minimum atomic E-state index is -0.442. The highest BCUT2D eigenvalue weighted by Gasteiger charge is 2.42. The van der Waals surface area contributed by atoms with Crippen LogP contribution in [0.1, 0.15) is 36.0 Å². The first-order valence-corrected chi connectivity index (χ1v) is 8.89. The van der Waals surface area contributed by atoms with Crippen LogP contribution in [0.4, 0.5) is 5.69 Å². The SMILES string of the molecule is O=C(c1ccc([N+](=O)[O-])cc1)N1CCN([C@H]2C[C@@H]3CC[C@@H]2C3)CC1. The number of carbonyl (C=O) groups is 1. The van der Waals surface area contributed by atoms with Gasteiger partial charge in [0.05, 0.1) is 4.92 Å². The number of benzene rings is 1. The molecule has 24 heavy (non-hydrogen) atoms. The zero-order valence-electron chi connectivity index (χ0n) is 13.8. The van der Waals surface area contributed by atoms with Crippen LogP contribution in [0.3, 0.4) is 0 Å². The Kier molecular flexibility index (Phi) is 4.00. The Hall–Kier alpha value is -1.95. The van der Waals surface area contributed by atoms with Crippen molar-refractivity contribution in [2.75, 3.05) is 26.2 Å². The molecule has 0 unspecified atom stereocenters. The fourth-order valence-electron chi connectivity index (χ4n) is 4.82. The van der Waals surface area contributed by atoms with Gasteiger partial charge in [-0.15, -0.1) is 0 Å². The molecule has 3 atom stereocenters. The summed E-state index contributed by atoms with van der Waals surface area (Å²) in [4.78, 5) is 27.3. The molecule has 128 valence electrons. The summed E-state index contributed by atoms with van der Waals surface area (Å²) >= 11 is 0. The minimum absolute atomic E-state index is 0.0162. The molecule has 0 spiro atoms. The first-order valence-electron chi connectivity index (χ1n) is 8.89. The third-order valence-corrected chi connectivity index (χ3v) is 6.10. The van der Waals surface area contributed by atoms with Gasteiger partial charge in [0.1, 0.15) is 0 Å². The summed E-state index contributed by atoms with van der Waals surface area (Å²) in [5.74, 6) is 1.81. The maximum Gasteiger partial charge on any atom is 0.269 e. The van der Waals surface area contributed by atoms with Crippen LogP contribution in [0.5, 0.6) is 0 Å². The first-order chi connectivity index (χ1) is 11.6. The van der Waals surface area contributed by atoms with Crippen LogP contribution in [0.25, 0.3) is 0 Å². The molecule has 3 aliphatic rings. The minimum Gasteiger partial charge on any atom is -0.336 e. The van der Waals surface area contributed by atoms with Crippen molar-refractivity contribution < 1.29 is 9.72 Å². The Morgan fingerprint density at radius 2 is 1.75 bits per heavy atom. The molecule has 1 saturated heterocycles. The molecule has 0 aromatic heterocycles. The van der Waals surface area contributed by atoms with E-state index < -0.39 is 4.92 Å². The fraction of sp³-hybridized carbons (Fsp3) is 0.611. The Morgan fingerprint density at radius 1 is 1.04 bits per heavy atom. The van der Waals surface area contributed by atoms with E-state index in [2.05, 4.69) is 4.90 Å². The third-order valence-electron chi connectivity index (χ3n) is 6.10. The van der Waals surface area contributed by atoms with Crippen molar-refractivity contribution in [3.8, 4) is 0 Å². The molecule has 1 aromatic carbocycles. The number of non-ortho nitro benzene ring substituents is 1. The molecule has 3 fully saturated rings. The zero-order valence-corrected chi connectivity index (χ0v) is 13.8. The quantitative estimate of drug-likeness (QED) is 0.631. The summed E-state index contributed by atoms with van der Waals surface area (Å²) in [7, 11) is 0. The van der Waals surface area contributed by atoms with E-state index in [0.717, 1.165) is 44.1 Å². The second-order valence-electron chi connectivity index (χ2n) is 7.37. The van der Waals surface area contributed by atoms with Gasteiger partial charge in [-0.1, -0.05) is 6.42 Å². The lowest BCUT2D eigenvalue weighted by Gasteiger charge is -2.41. The van der Waals surface area contributed by atoms with Crippen LogP contribution in [0.2, 0.25) is 0 Å². The van der Waals surface area contributed by atoms with Crippen LogP contribution in [0, 0.1) is 22.0 Å². The maximum absolute atomic E-state index is 12.6. The molecule has 2 aliphatic carbocycles. The van der Waals surface area contributed by atoms with E-state index in [0.29, 0.717) is 5.56 Å². The molecule has 6 heteroatoms. The van der Waals surface area contributed by atoms with Gasteiger partial charge in [0.2, 0.25) is 0 Å². The number of nitrogens with zero attached hydrogens (tertiary/aromatic N) is 3. The predicted octanol–water partition coefficient (Wildman–Crippen LogP) is 2.54. The Labute approximate surface area is 141 Å². The number of nitro groups is 1. The van der Waals surface area contributed by atoms with Crippen molar-refractivity contribution in [1.82, 2.24) is 9.80 Å². The molecule has 1 heterocycles. The Bertz CT molecular complexity index is 637. The second-order valence-corrected chi connectivity index (χ2v) is 7.37. The number of nitro benzene ring substituents is 1. The monoisotopic (exact) mass is 329 g/mol. The van der Waals surface area contributed by atoms with Crippen molar-refractivity contribution in [1.29, 1.82) is 0 Å². The average molecular weight is 329 g/mol. The van der Waals surface area contributed by atoms with Crippen LogP contribution >= 0.6 is 0 Å². The van der Waals surface area contributed by atoms with Gasteiger partial charge in [-0.25, -0.2) is 0 Å². The van der Waals surface area contributed by atoms with Crippen LogP contribution in [-0.4, -0.2) is 52.9 Å². The summed E-state index contributed by atoms with van der Waals surface area (Å²) < 4.78 is 0. The molecule has 1 amide bonds. The van der Waals surface area contributed by atoms with Crippen LogP contribution < -0.4 is 0 Å². The van der Waals surface area contributed by atoms with Crippen LogP contribution in [0.15, 0.2) is 24.3 Å². The molecule has 0 N–H and O–H groups in total. The van der Waals surface area contributed by atoms with E-state index in [9.17, 15) is 14.9 Å². The second kappa shape index (κ2) is 6.16. The highest BCUT2D eigenvalue weighted by atomic mass is 16.6. The standard InChI is InChI=1S/C18H23N3O3/c22-18(14-3-5-16(6-4-14)21(23)24)20-9-7-19(8-10-20)17-12-13-1-2-15(17)11-13/h3-6,13,15,17H,1-2,7-12H2/t13-,15-,17+/m1/s1. The third kappa shape index (κ3) is 2.79. The Balaban J connectivity index is 1.35. The Morgan fingerprint density at radius 3 is 2.29 bits per heavy atom. The van der Waals surface area contributed by atoms with Gasteiger partial charge in [-0.05, 0) is 43.2 Å². The van der Waals surface area contributed by atoms with Gasteiger partial charge >= 0.3 is 0 Å². The molecule has 4 rings (SSSR count). The molecule has 6 nitrogen and oxygen atoms in total. The average Bonchev–Trinajstić information content (AvgIpc) is 3.25. The molecule has 1 aromatic rings. The van der Waals surface area contributed by atoms with E-state index >= 15 is 0 Å². The van der Waals surface area contributed by atoms with E-state index in [1.807, 2.05) is 4.90 Å². The lowest BCUT2D eigenvalue weighted by Crippen LogP contribution is -2.53. The van der Waals surface area contributed by atoms with Gasteiger partial charge in [-0.2, -0.15) is 0 Å². The molecular weight excluding hydrogens is 306 g/mol. The van der Waals surface area contributed by atoms with Crippen molar-refractivity contribution >= 4 is 11.6 Å². The van der Waals surface area contributed by atoms with E-state index in [-0.39, 0.29) is 11.6 Å². The molecule has 2 saturated carbocycles. The number of piperazine rings is 1. The number of carbonyl (C=O) groups excluding carboxylic acids is 1. The first kappa shape index (κ1) is 15.6. The molecule has 2 bridgehead atoms. The number of fused-ring (bicyclic) bond motifs is 2. The van der Waals surface area contributed by atoms with E-state index in [1.54, 1.807) is 12.1 Å². The predicted molar refractivity (Wildman–Crippen MR) is 89.8 cm³/mol. The zero-order chi connectivity index (χ0) is 16.7. The van der Waals surface area contributed by atoms with Gasteiger partial charge in [-0.3, -0.25) is 19.8 Å². The van der Waals surface area contributed by atoms with Crippen molar-refractivity contribution in [3.63, 3.8) is 0 Å². The van der Waals surface area contributed by atoms with Gasteiger partial charge < -0.3 is 4.90 Å². The van der Waals surface area contributed by atoms with Gasteiger partial charge in [0.25, 0.3) is 11.6 Å². The van der Waals surface area contributed by atoms with Gasteiger partial charge in [0, 0.05) is 49.9 Å². The highest BCUT2D eigenvalue weighted by molar-refractivity contribution is 5.94. The molecule has 1 aliphatic heterocycles. The summed E-state index contributed by atoms with van der Waals surface area (Å²) in [6.07, 6.45) is 5.56. The number of rotatable bonds is 3. The lowest BCUT2D eigenvalue weighted by molar-refractivity contribution is -0.384. The van der Waals surface area contributed by atoms with Crippen LogP contribution in [-0.2, 0) is 0 Å². The number of amides is 1. The smallest absolute Gasteiger partial charge is 0.269 e. The molecular formula is C18H23N3O3. The summed E-state index contributed by atoms with van der Waals surface area (Å²) in [5.41, 5.74) is 0.557. The topological polar surface area (TPSA) is 66.7 Å². The summed E-state index contributed by atoms with van der Waals surface area (Å²) in [5, 5.41) is 10.7. The van der Waals surface area contributed by atoms with Crippen molar-refractivity contribution in [2.24, 2.45) is 11.8 Å². The number of hydrogen-bond donors (Lipinski definition) is 0. The van der Waals surface area contributed by atoms with Crippen molar-refractivity contribution in [3.05, 3.63) is 39.9 Å². The van der Waals surface area contributed by atoms with E-state index in [1.165, 1.54) is 37.8 Å². The lowest BCUT2D eigenvalue weighted by atomic mass is 9.93. The molecule has 0 radical (unpaired) electrons. The number of hydrogen-bond acceptors (Lipinski definition) is 4. The maximum atomic E-state index is 12.6. The summed E-state index contributed by atoms with van der Waals surface area (Å²) in [6.45, 7) is 3.41. The largest absolute Gasteiger partial charge is 0.336 e. The van der Waals surface area contributed by atoms with Gasteiger partial charge in [0.15, 0.2) is 0 Å². The fourth-order valence-corrected chi connectivity index (χ4v) is 4.82. The van der Waals surface area contributed by atoms with E-state index in [4.69, 9.17) is 0 Å².